The Morgan fingerprint density at radius 1 is 1.43 bits per heavy atom. The first-order valence-corrected chi connectivity index (χ1v) is 5.91. The lowest BCUT2D eigenvalue weighted by Gasteiger charge is -2.19. The van der Waals surface area contributed by atoms with E-state index < -0.39 is 0 Å². The Balaban J connectivity index is 2.79. The second-order valence-corrected chi connectivity index (χ2v) is 3.95. The molecule has 0 radical (unpaired) electrons. The summed E-state index contributed by atoms with van der Waals surface area (Å²) in [4.78, 5) is 7.93. The van der Waals surface area contributed by atoms with E-state index in [2.05, 4.69) is 27.1 Å². The van der Waals surface area contributed by atoms with Gasteiger partial charge in [0, 0.05) is 14.1 Å². The maximum atomic E-state index is 12.8. The molecule has 8 heteroatoms. The molecule has 1 rings (SSSR count). The molecule has 0 aromatic heterocycles. The van der Waals surface area contributed by atoms with Crippen LogP contribution in [0.1, 0.15) is 5.56 Å². The number of hydrazine groups is 1. The summed E-state index contributed by atoms with van der Waals surface area (Å²) in [5.41, 5.74) is 9.58. The molecule has 0 amide bonds. The summed E-state index contributed by atoms with van der Waals surface area (Å²) in [6, 6.07) is 5.74. The Kier molecular flexibility index (Phi) is 5.87. The molecule has 0 saturated carbocycles. The van der Waals surface area contributed by atoms with Crippen LogP contribution < -0.4 is 11.2 Å². The molecule has 0 unspecified atom stereocenters. The van der Waals surface area contributed by atoms with Crippen LogP contribution in [0, 0.1) is 5.82 Å². The van der Waals surface area contributed by atoms with Gasteiger partial charge in [0.15, 0.2) is 5.84 Å². The molecule has 0 saturated heterocycles. The lowest BCUT2D eigenvalue weighted by Crippen LogP contribution is -2.47. The summed E-state index contributed by atoms with van der Waals surface area (Å²) in [6.07, 6.45) is 1.11. The highest BCUT2D eigenvalue weighted by atomic mass is 19.1. The van der Waals surface area contributed by atoms with E-state index in [4.69, 9.17) is 10.9 Å². The van der Waals surface area contributed by atoms with Crippen LogP contribution in [0.4, 0.5) is 4.39 Å². The summed E-state index contributed by atoms with van der Waals surface area (Å²) in [7, 11) is 3.12. The van der Waals surface area contributed by atoms with Crippen LogP contribution in [0.25, 0.3) is 5.70 Å². The predicted molar refractivity (Wildman–Crippen MR) is 81.6 cm³/mol. The number of amidine groups is 1. The van der Waals surface area contributed by atoms with E-state index in [1.165, 1.54) is 24.2 Å². The lowest BCUT2D eigenvalue weighted by molar-refractivity contribution is 0.322. The van der Waals surface area contributed by atoms with E-state index >= 15 is 0 Å². The van der Waals surface area contributed by atoms with Gasteiger partial charge in [0.05, 0.1) is 5.70 Å². The maximum absolute atomic E-state index is 12.8. The van der Waals surface area contributed by atoms with Crippen molar-refractivity contribution >= 4 is 23.7 Å². The molecule has 0 atom stereocenters. The fourth-order valence-corrected chi connectivity index (χ4v) is 1.34. The summed E-state index contributed by atoms with van der Waals surface area (Å²) in [5, 5.41) is 12.7. The largest absolute Gasteiger partial charge is 0.411 e. The predicted octanol–water partition coefficient (Wildman–Crippen LogP) is 1.04. The van der Waals surface area contributed by atoms with Crippen LogP contribution in [-0.2, 0) is 0 Å². The van der Waals surface area contributed by atoms with Crippen molar-refractivity contribution in [2.24, 2.45) is 20.9 Å². The lowest BCUT2D eigenvalue weighted by atomic mass is 10.2. The summed E-state index contributed by atoms with van der Waals surface area (Å²) < 4.78 is 12.8. The van der Waals surface area contributed by atoms with Crippen molar-refractivity contribution in [2.75, 3.05) is 14.1 Å². The second-order valence-electron chi connectivity index (χ2n) is 3.95. The van der Waals surface area contributed by atoms with E-state index in [1.807, 2.05) is 0 Å². The van der Waals surface area contributed by atoms with Crippen LogP contribution >= 0.6 is 0 Å². The van der Waals surface area contributed by atoms with Gasteiger partial charge in [-0.05, 0) is 29.8 Å². The highest BCUT2D eigenvalue weighted by molar-refractivity contribution is 6.29. The van der Waals surface area contributed by atoms with Gasteiger partial charge in [0.2, 0.25) is 5.96 Å². The highest BCUT2D eigenvalue weighted by Crippen LogP contribution is 2.14. The monoisotopic (exact) mass is 292 g/mol. The molecule has 4 N–H and O–H groups in total. The maximum Gasteiger partial charge on any atom is 0.215 e. The van der Waals surface area contributed by atoms with Crippen LogP contribution in [0.5, 0.6) is 0 Å². The number of hydrogen-bond acceptors (Lipinski definition) is 4. The Bertz CT molecular complexity index is 579. The molecule has 0 spiro atoms. The number of benzene rings is 1. The SMILES string of the molecule is C=C(N=C(N)N(C)NC(/C=N/O)=NC)c1ccc(F)cc1. The molecule has 21 heavy (non-hydrogen) atoms. The normalized spacial score (nSPS) is 12.5. The summed E-state index contributed by atoms with van der Waals surface area (Å²) in [5.74, 6) is 0.0525. The van der Waals surface area contributed by atoms with Crippen molar-refractivity contribution in [1.82, 2.24) is 10.4 Å². The fraction of sp³-hybridized carbons (Fsp3) is 0.154. The number of nitrogens with two attached hydrogens (primary N) is 1. The van der Waals surface area contributed by atoms with Crippen LogP contribution in [0.2, 0.25) is 0 Å². The first kappa shape index (κ1) is 16.2. The van der Waals surface area contributed by atoms with Gasteiger partial charge in [-0.15, -0.1) is 0 Å². The van der Waals surface area contributed by atoms with Crippen molar-refractivity contribution < 1.29 is 9.60 Å². The fourth-order valence-electron chi connectivity index (χ4n) is 1.34. The van der Waals surface area contributed by atoms with Crippen LogP contribution in [0.15, 0.2) is 46.0 Å². The molecule has 1 aromatic rings. The molecule has 0 aliphatic rings. The van der Waals surface area contributed by atoms with Crippen LogP contribution in [0.3, 0.4) is 0 Å². The molecular formula is C13H17FN6O. The van der Waals surface area contributed by atoms with Gasteiger partial charge in [0.25, 0.3) is 0 Å². The number of guanidine groups is 1. The molecule has 0 bridgehead atoms. The van der Waals surface area contributed by atoms with Crippen molar-refractivity contribution in [3.63, 3.8) is 0 Å². The molecule has 112 valence electrons. The van der Waals surface area contributed by atoms with Crippen molar-refractivity contribution in [3.05, 3.63) is 42.2 Å². The minimum Gasteiger partial charge on any atom is -0.411 e. The van der Waals surface area contributed by atoms with E-state index in [-0.39, 0.29) is 17.6 Å². The van der Waals surface area contributed by atoms with Crippen molar-refractivity contribution in [3.8, 4) is 0 Å². The highest BCUT2D eigenvalue weighted by Gasteiger charge is 2.05. The molecule has 0 fully saturated rings. The van der Waals surface area contributed by atoms with E-state index in [1.54, 1.807) is 19.2 Å². The number of aliphatic imine (C=N–C) groups is 2. The second kappa shape index (κ2) is 7.63. The van der Waals surface area contributed by atoms with Crippen molar-refractivity contribution in [2.45, 2.75) is 0 Å². The van der Waals surface area contributed by atoms with Gasteiger partial charge >= 0.3 is 0 Å². The number of rotatable bonds is 3. The molecule has 0 aliphatic heterocycles. The number of hydrogen-bond donors (Lipinski definition) is 3. The van der Waals surface area contributed by atoms with E-state index in [9.17, 15) is 4.39 Å². The summed E-state index contributed by atoms with van der Waals surface area (Å²) >= 11 is 0. The standard InChI is InChI=1S/C13H17FN6O/c1-9(10-4-6-11(14)7-5-10)18-13(15)20(3)19-12(16-2)8-17-21/h4-8,21H,1H2,2-3H3,(H2,15,18)(H,16,19)/b17-8+. The summed E-state index contributed by atoms with van der Waals surface area (Å²) in [6.45, 7) is 3.77. The Labute approximate surface area is 122 Å². The third-order valence-corrected chi connectivity index (χ3v) is 2.47. The van der Waals surface area contributed by atoms with Gasteiger partial charge in [-0.3, -0.25) is 15.4 Å². The smallest absolute Gasteiger partial charge is 0.215 e. The molecule has 1 aromatic carbocycles. The zero-order valence-corrected chi connectivity index (χ0v) is 11.8. The van der Waals surface area contributed by atoms with E-state index in [0.717, 1.165) is 6.21 Å². The number of nitrogens with one attached hydrogen (secondary N) is 1. The zero-order valence-electron chi connectivity index (χ0n) is 11.8. The first-order valence-electron chi connectivity index (χ1n) is 5.91. The topological polar surface area (TPSA) is 98.6 Å². The molecule has 0 heterocycles. The Hall–Kier alpha value is -2.90. The first-order chi connectivity index (χ1) is 9.97. The van der Waals surface area contributed by atoms with Gasteiger partial charge in [-0.2, -0.15) is 0 Å². The van der Waals surface area contributed by atoms with Gasteiger partial charge in [0.1, 0.15) is 12.0 Å². The third kappa shape index (κ3) is 4.94. The van der Waals surface area contributed by atoms with Crippen LogP contribution in [-0.4, -0.2) is 42.3 Å². The minimum absolute atomic E-state index is 0.108. The zero-order chi connectivity index (χ0) is 15.8. The Morgan fingerprint density at radius 2 is 2.05 bits per heavy atom. The minimum atomic E-state index is -0.339. The average molecular weight is 292 g/mol. The van der Waals surface area contributed by atoms with Gasteiger partial charge in [-0.25, -0.2) is 9.38 Å². The van der Waals surface area contributed by atoms with Crippen molar-refractivity contribution in [1.29, 1.82) is 0 Å². The van der Waals surface area contributed by atoms with Gasteiger partial charge < -0.3 is 10.9 Å². The van der Waals surface area contributed by atoms with Gasteiger partial charge in [-0.1, -0.05) is 11.7 Å². The number of nitrogens with zero attached hydrogens (tertiary/aromatic N) is 4. The Morgan fingerprint density at radius 3 is 2.57 bits per heavy atom. The molecular weight excluding hydrogens is 275 g/mol. The molecule has 0 aliphatic carbocycles. The van der Waals surface area contributed by atoms with E-state index in [0.29, 0.717) is 11.3 Å². The average Bonchev–Trinajstić information content (AvgIpc) is 2.47. The molecule has 7 nitrogen and oxygen atoms in total. The number of halogens is 1. The number of oxime groups is 1. The quantitative estimate of drug-likeness (QED) is 0.335. The third-order valence-electron chi connectivity index (χ3n) is 2.47.